The number of anilines is 1. The van der Waals surface area contributed by atoms with Crippen LogP contribution in [0.5, 0.6) is 11.6 Å². The number of nitrogens with one attached hydrogen (secondary N) is 1. The molecule has 0 spiro atoms. The smallest absolute Gasteiger partial charge is 0.258 e. The second kappa shape index (κ2) is 8.55. The number of aromatic nitrogens is 1. The molecule has 1 heterocycles. The molecule has 1 aromatic heterocycles. The van der Waals surface area contributed by atoms with E-state index in [9.17, 15) is 4.79 Å². The Morgan fingerprint density at radius 1 is 0.852 bits per heavy atom. The van der Waals surface area contributed by atoms with Gasteiger partial charge < -0.3 is 10.1 Å². The molecule has 1 N–H and O–H groups in total. The van der Waals surface area contributed by atoms with Gasteiger partial charge in [-0.05, 0) is 36.4 Å². The standard InChI is InChI=1S/C18H9Cl5N2O2/c19-9-1-4-16(24-8-9)27-15-3-2-11(7-12(15)21)25-18(26)17-13(22)5-10(20)6-14(17)23/h1-8H,(H,25,26). The first-order chi connectivity index (χ1) is 12.8. The van der Waals surface area contributed by atoms with Crippen LogP contribution in [0.4, 0.5) is 5.69 Å². The number of halogens is 5. The lowest BCUT2D eigenvalue weighted by molar-refractivity contribution is 0.102. The van der Waals surface area contributed by atoms with Gasteiger partial charge in [0.15, 0.2) is 0 Å². The van der Waals surface area contributed by atoms with Crippen molar-refractivity contribution in [1.82, 2.24) is 4.98 Å². The van der Waals surface area contributed by atoms with Crippen LogP contribution in [0.1, 0.15) is 10.4 Å². The van der Waals surface area contributed by atoms with E-state index in [0.717, 1.165) is 0 Å². The molecule has 1 amide bonds. The monoisotopic (exact) mass is 460 g/mol. The van der Waals surface area contributed by atoms with Gasteiger partial charge >= 0.3 is 0 Å². The van der Waals surface area contributed by atoms with Crippen LogP contribution in [0.2, 0.25) is 25.1 Å². The maximum atomic E-state index is 12.5. The van der Waals surface area contributed by atoms with E-state index >= 15 is 0 Å². The Hall–Kier alpha value is -1.69. The lowest BCUT2D eigenvalue weighted by Gasteiger charge is -2.11. The number of pyridine rings is 1. The molecule has 2 aromatic carbocycles. The van der Waals surface area contributed by atoms with E-state index in [1.54, 1.807) is 24.3 Å². The molecule has 0 atom stereocenters. The van der Waals surface area contributed by atoms with Crippen molar-refractivity contribution in [3.05, 3.63) is 79.3 Å². The van der Waals surface area contributed by atoms with E-state index in [4.69, 9.17) is 62.7 Å². The highest BCUT2D eigenvalue weighted by atomic mass is 35.5. The lowest BCUT2D eigenvalue weighted by Crippen LogP contribution is -2.13. The minimum Gasteiger partial charge on any atom is -0.437 e. The summed E-state index contributed by atoms with van der Waals surface area (Å²) in [5, 5.41) is 4.06. The second-order valence-electron chi connectivity index (χ2n) is 5.26. The van der Waals surface area contributed by atoms with Gasteiger partial charge in [-0.2, -0.15) is 0 Å². The third-order valence-electron chi connectivity index (χ3n) is 3.34. The molecule has 4 nitrogen and oxygen atoms in total. The van der Waals surface area contributed by atoms with E-state index in [1.807, 2.05) is 0 Å². The third kappa shape index (κ3) is 4.98. The summed E-state index contributed by atoms with van der Waals surface area (Å²) < 4.78 is 5.59. The van der Waals surface area contributed by atoms with E-state index < -0.39 is 5.91 Å². The summed E-state index contributed by atoms with van der Waals surface area (Å²) in [5.74, 6) is 0.204. The Labute approximate surface area is 179 Å². The quantitative estimate of drug-likeness (QED) is 0.440. The number of nitrogens with zero attached hydrogens (tertiary/aromatic N) is 1. The minimum absolute atomic E-state index is 0.115. The van der Waals surface area contributed by atoms with Crippen LogP contribution in [0.3, 0.4) is 0 Å². The molecule has 27 heavy (non-hydrogen) atoms. The zero-order chi connectivity index (χ0) is 19.6. The zero-order valence-electron chi connectivity index (χ0n) is 13.3. The van der Waals surface area contributed by atoms with Crippen LogP contribution in [0.25, 0.3) is 0 Å². The normalized spacial score (nSPS) is 10.6. The lowest BCUT2D eigenvalue weighted by atomic mass is 10.2. The highest BCUT2D eigenvalue weighted by molar-refractivity contribution is 6.42. The van der Waals surface area contributed by atoms with Gasteiger partial charge in [0, 0.05) is 23.0 Å². The highest BCUT2D eigenvalue weighted by Gasteiger charge is 2.17. The van der Waals surface area contributed by atoms with Gasteiger partial charge in [-0.3, -0.25) is 4.79 Å². The number of amides is 1. The fourth-order valence-electron chi connectivity index (χ4n) is 2.15. The maximum Gasteiger partial charge on any atom is 0.258 e. The van der Waals surface area contributed by atoms with E-state index in [1.165, 1.54) is 24.4 Å². The fourth-order valence-corrected chi connectivity index (χ4v) is 3.47. The van der Waals surface area contributed by atoms with Crippen LogP contribution < -0.4 is 10.1 Å². The first-order valence-corrected chi connectivity index (χ1v) is 9.27. The Morgan fingerprint density at radius 2 is 1.56 bits per heavy atom. The maximum absolute atomic E-state index is 12.5. The number of hydrogen-bond donors (Lipinski definition) is 1. The predicted octanol–water partition coefficient (Wildman–Crippen LogP) is 7.39. The van der Waals surface area contributed by atoms with Gasteiger partial charge in [0.05, 0.1) is 25.7 Å². The first kappa shape index (κ1) is 20.1. The van der Waals surface area contributed by atoms with Crippen molar-refractivity contribution in [3.8, 4) is 11.6 Å². The van der Waals surface area contributed by atoms with Gasteiger partial charge in [-0.25, -0.2) is 4.98 Å². The molecule has 0 aliphatic carbocycles. The van der Waals surface area contributed by atoms with Crippen LogP contribution in [-0.4, -0.2) is 10.9 Å². The zero-order valence-corrected chi connectivity index (χ0v) is 17.1. The average Bonchev–Trinajstić information content (AvgIpc) is 2.58. The Kier molecular flexibility index (Phi) is 6.35. The van der Waals surface area contributed by atoms with E-state index in [2.05, 4.69) is 10.3 Å². The number of hydrogen-bond acceptors (Lipinski definition) is 3. The van der Waals surface area contributed by atoms with Crippen LogP contribution in [0, 0.1) is 0 Å². The summed E-state index contributed by atoms with van der Waals surface area (Å²) in [7, 11) is 0. The molecule has 0 saturated carbocycles. The number of carbonyl (C=O) groups is 1. The van der Waals surface area contributed by atoms with Crippen LogP contribution in [0.15, 0.2) is 48.7 Å². The molecular weight excluding hydrogens is 453 g/mol. The second-order valence-corrected chi connectivity index (χ2v) is 7.35. The molecule has 0 aliphatic heterocycles. The summed E-state index contributed by atoms with van der Waals surface area (Å²) in [6.07, 6.45) is 1.46. The molecule has 3 aromatic rings. The molecule has 3 rings (SSSR count). The highest BCUT2D eigenvalue weighted by Crippen LogP contribution is 2.33. The SMILES string of the molecule is O=C(Nc1ccc(Oc2ccc(Cl)cn2)c(Cl)c1)c1c(Cl)cc(Cl)cc1Cl. The molecule has 0 bridgehead atoms. The molecule has 9 heteroatoms. The summed E-state index contributed by atoms with van der Waals surface area (Å²) in [6, 6.07) is 10.9. The van der Waals surface area contributed by atoms with Crippen LogP contribution >= 0.6 is 58.0 Å². The van der Waals surface area contributed by atoms with Gasteiger partial charge in [0.2, 0.25) is 5.88 Å². The summed E-state index contributed by atoms with van der Waals surface area (Å²) in [5.41, 5.74) is 0.549. The van der Waals surface area contributed by atoms with E-state index in [-0.39, 0.29) is 20.6 Å². The topological polar surface area (TPSA) is 51.2 Å². The number of ether oxygens (including phenoxy) is 1. The Bertz CT molecular complexity index is 986. The number of benzene rings is 2. The van der Waals surface area contributed by atoms with Gasteiger partial charge in [-0.1, -0.05) is 58.0 Å². The molecule has 138 valence electrons. The van der Waals surface area contributed by atoms with Crippen molar-refractivity contribution in [2.45, 2.75) is 0 Å². The van der Waals surface area contributed by atoms with Crippen molar-refractivity contribution in [1.29, 1.82) is 0 Å². The molecule has 0 aliphatic rings. The number of carbonyl (C=O) groups excluding carboxylic acids is 1. The van der Waals surface area contributed by atoms with Crippen molar-refractivity contribution < 1.29 is 9.53 Å². The fraction of sp³-hybridized carbons (Fsp3) is 0. The summed E-state index contributed by atoms with van der Waals surface area (Å²) >= 11 is 30.0. The minimum atomic E-state index is -0.495. The van der Waals surface area contributed by atoms with Crippen molar-refractivity contribution in [2.75, 3.05) is 5.32 Å². The van der Waals surface area contributed by atoms with Crippen molar-refractivity contribution in [2.24, 2.45) is 0 Å². The first-order valence-electron chi connectivity index (χ1n) is 7.38. The average molecular weight is 463 g/mol. The summed E-state index contributed by atoms with van der Waals surface area (Å²) in [6.45, 7) is 0. The molecule has 0 radical (unpaired) electrons. The largest absolute Gasteiger partial charge is 0.437 e. The van der Waals surface area contributed by atoms with Gasteiger partial charge in [0.1, 0.15) is 5.75 Å². The molecule has 0 saturated heterocycles. The van der Waals surface area contributed by atoms with Crippen molar-refractivity contribution >= 4 is 69.6 Å². The van der Waals surface area contributed by atoms with E-state index in [0.29, 0.717) is 27.4 Å². The van der Waals surface area contributed by atoms with Crippen LogP contribution in [-0.2, 0) is 0 Å². The molecular formula is C18H9Cl5N2O2. The number of rotatable bonds is 4. The van der Waals surface area contributed by atoms with Gasteiger partial charge in [0.25, 0.3) is 5.91 Å². The molecule has 0 unspecified atom stereocenters. The summed E-state index contributed by atoms with van der Waals surface area (Å²) in [4.78, 5) is 16.5. The Balaban J connectivity index is 1.78. The third-order valence-corrected chi connectivity index (χ3v) is 4.67. The van der Waals surface area contributed by atoms with Crippen molar-refractivity contribution in [3.63, 3.8) is 0 Å². The van der Waals surface area contributed by atoms with Gasteiger partial charge in [-0.15, -0.1) is 0 Å². The predicted molar refractivity (Wildman–Crippen MR) is 110 cm³/mol. The Morgan fingerprint density at radius 3 is 2.15 bits per heavy atom. The molecule has 0 fully saturated rings.